The Kier molecular flexibility index (Phi) is 2.26. The minimum Gasteiger partial charge on any atom is -0.504 e. The molecule has 0 fully saturated rings. The molecule has 6 heteroatoms. The van der Waals surface area contributed by atoms with Gasteiger partial charge in [-0.15, -0.1) is 0 Å². The number of benzene rings is 1. The zero-order chi connectivity index (χ0) is 11.9. The van der Waals surface area contributed by atoms with E-state index in [1.54, 1.807) is 7.05 Å². The van der Waals surface area contributed by atoms with Crippen molar-refractivity contribution in [2.45, 2.75) is 0 Å². The predicted octanol–water partition coefficient (Wildman–Crippen LogP) is 1.65. The lowest BCUT2D eigenvalue weighted by molar-refractivity contribution is 0.430. The highest BCUT2D eigenvalue weighted by molar-refractivity contribution is 5.78. The number of aryl methyl sites for hydroxylation is 1. The van der Waals surface area contributed by atoms with Crippen molar-refractivity contribution >= 4 is 5.82 Å². The van der Waals surface area contributed by atoms with Crippen LogP contribution in [-0.4, -0.2) is 14.9 Å². The highest BCUT2D eigenvalue weighted by atomic mass is 19.1. The van der Waals surface area contributed by atoms with Gasteiger partial charge in [0.1, 0.15) is 11.6 Å². The van der Waals surface area contributed by atoms with E-state index in [4.69, 9.17) is 5.73 Å². The number of aromatic nitrogens is 2. The van der Waals surface area contributed by atoms with Gasteiger partial charge in [0.15, 0.2) is 11.6 Å². The molecular weight excluding hydrogens is 216 g/mol. The van der Waals surface area contributed by atoms with Crippen molar-refractivity contribution in [3.63, 3.8) is 0 Å². The number of nitrogens with zero attached hydrogens (tertiary/aromatic N) is 2. The lowest BCUT2D eigenvalue weighted by Gasteiger charge is -2.05. The SMILES string of the molecule is Cn1ncc(-c2cc(F)cc(F)c2O)c1N. The van der Waals surface area contributed by atoms with E-state index in [2.05, 4.69) is 5.10 Å². The van der Waals surface area contributed by atoms with E-state index in [9.17, 15) is 13.9 Å². The van der Waals surface area contributed by atoms with E-state index >= 15 is 0 Å². The Hall–Kier alpha value is -2.11. The standard InChI is InChI=1S/C10H9F2N3O/c1-15-10(13)7(4-14-15)6-2-5(11)3-8(12)9(6)16/h2-4,16H,13H2,1H3. The fraction of sp³-hybridized carbons (Fsp3) is 0.100. The van der Waals surface area contributed by atoms with E-state index in [1.165, 1.54) is 10.9 Å². The Labute approximate surface area is 89.9 Å². The minimum atomic E-state index is -1.03. The number of halogens is 2. The molecule has 2 aromatic rings. The Balaban J connectivity index is 2.69. The molecule has 0 radical (unpaired) electrons. The highest BCUT2D eigenvalue weighted by Crippen LogP contribution is 2.35. The van der Waals surface area contributed by atoms with Gasteiger partial charge < -0.3 is 10.8 Å². The maximum absolute atomic E-state index is 13.1. The van der Waals surface area contributed by atoms with Crippen molar-refractivity contribution in [3.8, 4) is 16.9 Å². The number of nitrogen functional groups attached to an aromatic ring is 1. The first kappa shape index (κ1) is 10.4. The molecule has 84 valence electrons. The summed E-state index contributed by atoms with van der Waals surface area (Å²) in [6.07, 6.45) is 1.34. The number of phenols is 1. The van der Waals surface area contributed by atoms with Gasteiger partial charge in [0.25, 0.3) is 0 Å². The molecule has 1 heterocycles. The van der Waals surface area contributed by atoms with E-state index in [1.807, 2.05) is 0 Å². The monoisotopic (exact) mass is 225 g/mol. The Morgan fingerprint density at radius 3 is 2.56 bits per heavy atom. The van der Waals surface area contributed by atoms with Gasteiger partial charge in [0.2, 0.25) is 0 Å². The van der Waals surface area contributed by atoms with Gasteiger partial charge in [0.05, 0.1) is 6.20 Å². The van der Waals surface area contributed by atoms with E-state index < -0.39 is 17.4 Å². The Morgan fingerprint density at radius 2 is 2.00 bits per heavy atom. The van der Waals surface area contributed by atoms with Crippen molar-refractivity contribution < 1.29 is 13.9 Å². The molecule has 3 N–H and O–H groups in total. The number of rotatable bonds is 1. The summed E-state index contributed by atoms with van der Waals surface area (Å²) in [6, 6.07) is 1.61. The second kappa shape index (κ2) is 3.48. The topological polar surface area (TPSA) is 64.1 Å². The number of hydrogen-bond donors (Lipinski definition) is 2. The first-order valence-electron chi connectivity index (χ1n) is 4.46. The second-order valence-electron chi connectivity index (χ2n) is 3.35. The summed E-state index contributed by atoms with van der Waals surface area (Å²) < 4.78 is 27.5. The summed E-state index contributed by atoms with van der Waals surface area (Å²) >= 11 is 0. The molecule has 1 aromatic heterocycles. The van der Waals surface area contributed by atoms with Crippen LogP contribution in [0.25, 0.3) is 11.1 Å². The Morgan fingerprint density at radius 1 is 1.31 bits per heavy atom. The van der Waals surface area contributed by atoms with Crippen LogP contribution < -0.4 is 5.73 Å². The van der Waals surface area contributed by atoms with Gasteiger partial charge in [-0.05, 0) is 6.07 Å². The van der Waals surface area contributed by atoms with E-state index in [-0.39, 0.29) is 11.4 Å². The molecule has 0 aliphatic rings. The van der Waals surface area contributed by atoms with Crippen molar-refractivity contribution in [1.29, 1.82) is 0 Å². The number of nitrogens with two attached hydrogens (primary N) is 1. The molecule has 0 spiro atoms. The molecule has 16 heavy (non-hydrogen) atoms. The van der Waals surface area contributed by atoms with Gasteiger partial charge in [-0.3, -0.25) is 4.68 Å². The zero-order valence-corrected chi connectivity index (χ0v) is 8.41. The quantitative estimate of drug-likeness (QED) is 0.775. The molecule has 2 rings (SSSR count). The van der Waals surface area contributed by atoms with Crippen LogP contribution in [0.3, 0.4) is 0 Å². The van der Waals surface area contributed by atoms with Crippen molar-refractivity contribution in [2.24, 2.45) is 7.05 Å². The minimum absolute atomic E-state index is 0.0110. The summed E-state index contributed by atoms with van der Waals surface area (Å²) in [4.78, 5) is 0. The molecule has 0 saturated heterocycles. The summed E-state index contributed by atoms with van der Waals surface area (Å²) in [7, 11) is 1.59. The molecule has 0 amide bonds. The van der Waals surface area contributed by atoms with Crippen LogP contribution in [0, 0.1) is 11.6 Å². The van der Waals surface area contributed by atoms with Crippen LogP contribution in [-0.2, 0) is 7.05 Å². The van der Waals surface area contributed by atoms with E-state index in [0.717, 1.165) is 6.07 Å². The van der Waals surface area contributed by atoms with Gasteiger partial charge in [0, 0.05) is 24.2 Å². The first-order chi connectivity index (χ1) is 7.50. The number of hydrogen-bond acceptors (Lipinski definition) is 3. The third-order valence-electron chi connectivity index (χ3n) is 2.30. The normalized spacial score (nSPS) is 10.7. The second-order valence-corrected chi connectivity index (χ2v) is 3.35. The van der Waals surface area contributed by atoms with Crippen LogP contribution in [0.2, 0.25) is 0 Å². The smallest absolute Gasteiger partial charge is 0.168 e. The van der Waals surface area contributed by atoms with Crippen LogP contribution in [0.4, 0.5) is 14.6 Å². The largest absolute Gasteiger partial charge is 0.504 e. The lowest BCUT2D eigenvalue weighted by atomic mass is 10.1. The third-order valence-corrected chi connectivity index (χ3v) is 2.30. The molecule has 4 nitrogen and oxygen atoms in total. The summed E-state index contributed by atoms with van der Waals surface area (Å²) in [6.45, 7) is 0. The molecular formula is C10H9F2N3O. The summed E-state index contributed by atoms with van der Waals surface area (Å²) in [5.74, 6) is -2.23. The number of phenolic OH excluding ortho intramolecular Hbond substituents is 1. The van der Waals surface area contributed by atoms with Crippen LogP contribution >= 0.6 is 0 Å². The number of aromatic hydroxyl groups is 1. The molecule has 1 aromatic carbocycles. The fourth-order valence-corrected chi connectivity index (χ4v) is 1.43. The molecule has 0 aliphatic carbocycles. The van der Waals surface area contributed by atoms with Crippen molar-refractivity contribution in [2.75, 3.05) is 5.73 Å². The van der Waals surface area contributed by atoms with Gasteiger partial charge in [-0.25, -0.2) is 8.78 Å². The first-order valence-corrected chi connectivity index (χ1v) is 4.46. The highest BCUT2D eigenvalue weighted by Gasteiger charge is 2.16. The predicted molar refractivity (Wildman–Crippen MR) is 54.6 cm³/mol. The molecule has 0 bridgehead atoms. The molecule has 0 atom stereocenters. The summed E-state index contributed by atoms with van der Waals surface area (Å²) in [5.41, 5.74) is 5.93. The molecule has 0 unspecified atom stereocenters. The average molecular weight is 225 g/mol. The molecule has 0 aliphatic heterocycles. The average Bonchev–Trinajstić information content (AvgIpc) is 2.54. The summed E-state index contributed by atoms with van der Waals surface area (Å²) in [5, 5.41) is 13.3. The fourth-order valence-electron chi connectivity index (χ4n) is 1.43. The van der Waals surface area contributed by atoms with Gasteiger partial charge >= 0.3 is 0 Å². The third kappa shape index (κ3) is 1.48. The van der Waals surface area contributed by atoms with Crippen LogP contribution in [0.15, 0.2) is 18.3 Å². The van der Waals surface area contributed by atoms with Crippen LogP contribution in [0.1, 0.15) is 0 Å². The molecule has 0 saturated carbocycles. The van der Waals surface area contributed by atoms with Gasteiger partial charge in [-0.1, -0.05) is 0 Å². The Bertz CT molecular complexity index is 551. The number of anilines is 1. The van der Waals surface area contributed by atoms with Crippen molar-refractivity contribution in [3.05, 3.63) is 30.0 Å². The van der Waals surface area contributed by atoms with Gasteiger partial charge in [-0.2, -0.15) is 5.10 Å². The lowest BCUT2D eigenvalue weighted by Crippen LogP contribution is -1.98. The van der Waals surface area contributed by atoms with Crippen LogP contribution in [0.5, 0.6) is 5.75 Å². The maximum Gasteiger partial charge on any atom is 0.168 e. The maximum atomic E-state index is 13.1. The van der Waals surface area contributed by atoms with E-state index in [0.29, 0.717) is 11.6 Å². The van der Waals surface area contributed by atoms with Crippen molar-refractivity contribution in [1.82, 2.24) is 9.78 Å². The zero-order valence-electron chi connectivity index (χ0n) is 8.41.